The molecule has 0 spiro atoms. The number of halogens is 1. The van der Waals surface area contributed by atoms with E-state index in [1.54, 1.807) is 0 Å². The Kier molecular flexibility index (Phi) is 3.81. The van der Waals surface area contributed by atoms with Crippen molar-refractivity contribution in [3.63, 3.8) is 0 Å². The molecule has 2 aromatic rings. The fourth-order valence-corrected chi connectivity index (χ4v) is 3.81. The first kappa shape index (κ1) is 14.1. The van der Waals surface area contributed by atoms with Crippen LogP contribution in [0.5, 0.6) is 5.75 Å². The van der Waals surface area contributed by atoms with Crippen LogP contribution in [0.4, 0.5) is 0 Å². The van der Waals surface area contributed by atoms with Crippen molar-refractivity contribution in [2.45, 2.75) is 43.9 Å². The maximum atomic E-state index is 6.26. The summed E-state index contributed by atoms with van der Waals surface area (Å²) in [6.45, 7) is 0. The second-order valence-electron chi connectivity index (χ2n) is 6.38. The zero-order chi connectivity index (χ0) is 14.9. The van der Waals surface area contributed by atoms with Gasteiger partial charge in [-0.1, -0.05) is 35.9 Å². The van der Waals surface area contributed by atoms with E-state index in [-0.39, 0.29) is 0 Å². The van der Waals surface area contributed by atoms with E-state index < -0.39 is 0 Å². The van der Waals surface area contributed by atoms with Gasteiger partial charge in [0, 0.05) is 17.1 Å². The number of hydrogen-bond acceptors (Lipinski definition) is 2. The molecular formula is C19H20ClNO. The number of benzene rings is 2. The fourth-order valence-electron chi connectivity index (χ4n) is 3.69. The van der Waals surface area contributed by atoms with Gasteiger partial charge >= 0.3 is 0 Å². The van der Waals surface area contributed by atoms with Crippen molar-refractivity contribution < 1.29 is 4.74 Å². The third-order valence-electron chi connectivity index (χ3n) is 4.74. The molecule has 2 bridgehead atoms. The van der Waals surface area contributed by atoms with Crippen LogP contribution in [0.25, 0.3) is 11.1 Å². The molecule has 2 fully saturated rings. The molecule has 114 valence electrons. The zero-order valence-electron chi connectivity index (χ0n) is 12.5. The van der Waals surface area contributed by atoms with Crippen molar-refractivity contribution >= 4 is 11.6 Å². The van der Waals surface area contributed by atoms with Crippen LogP contribution in [0.2, 0.25) is 5.02 Å². The molecule has 2 aromatic carbocycles. The topological polar surface area (TPSA) is 21.3 Å². The minimum absolute atomic E-state index is 0.346. The van der Waals surface area contributed by atoms with Gasteiger partial charge in [-0.2, -0.15) is 0 Å². The second kappa shape index (κ2) is 5.94. The SMILES string of the molecule is Clc1ccc(-c2cccc(OC3C[C@H]4CC[C@@H](C3)N4)c2)cc1. The largest absolute Gasteiger partial charge is 0.490 e. The standard InChI is InChI=1S/C19H20ClNO/c20-15-6-4-13(5-7-15)14-2-1-3-18(10-14)22-19-11-16-8-9-17(12-19)21-16/h1-7,10,16-17,19,21H,8-9,11-12H2/t16-,17+,19?. The number of fused-ring (bicyclic) bond motifs is 2. The van der Waals surface area contributed by atoms with E-state index in [4.69, 9.17) is 16.3 Å². The zero-order valence-corrected chi connectivity index (χ0v) is 13.2. The highest BCUT2D eigenvalue weighted by Crippen LogP contribution is 2.31. The summed E-state index contributed by atoms with van der Waals surface area (Å²) < 4.78 is 6.26. The minimum atomic E-state index is 0.346. The third kappa shape index (κ3) is 2.99. The highest BCUT2D eigenvalue weighted by Gasteiger charge is 2.34. The number of piperidine rings is 1. The first-order valence-corrected chi connectivity index (χ1v) is 8.43. The lowest BCUT2D eigenvalue weighted by molar-refractivity contribution is 0.137. The summed E-state index contributed by atoms with van der Waals surface area (Å²) in [6.07, 6.45) is 5.20. The molecular weight excluding hydrogens is 294 g/mol. The maximum Gasteiger partial charge on any atom is 0.120 e. The maximum absolute atomic E-state index is 6.26. The Hall–Kier alpha value is -1.51. The van der Waals surface area contributed by atoms with E-state index in [1.165, 1.54) is 24.0 Å². The Labute approximate surface area is 136 Å². The normalized spacial score (nSPS) is 26.9. The molecule has 0 amide bonds. The van der Waals surface area contributed by atoms with Gasteiger partial charge in [-0.05, 0) is 61.1 Å². The Bertz CT molecular complexity index is 643. The molecule has 4 rings (SSSR count). The molecule has 0 aliphatic carbocycles. The Balaban J connectivity index is 1.51. The van der Waals surface area contributed by atoms with E-state index in [2.05, 4.69) is 29.6 Å². The van der Waals surface area contributed by atoms with Gasteiger partial charge in [0.25, 0.3) is 0 Å². The minimum Gasteiger partial charge on any atom is -0.490 e. The Morgan fingerprint density at radius 1 is 0.909 bits per heavy atom. The van der Waals surface area contributed by atoms with Gasteiger partial charge in [-0.3, -0.25) is 0 Å². The van der Waals surface area contributed by atoms with E-state index in [0.29, 0.717) is 18.2 Å². The van der Waals surface area contributed by atoms with Crippen molar-refractivity contribution in [3.8, 4) is 16.9 Å². The van der Waals surface area contributed by atoms with Gasteiger partial charge in [0.15, 0.2) is 0 Å². The van der Waals surface area contributed by atoms with E-state index >= 15 is 0 Å². The van der Waals surface area contributed by atoms with Crippen LogP contribution in [0.15, 0.2) is 48.5 Å². The molecule has 3 atom stereocenters. The Morgan fingerprint density at radius 3 is 2.36 bits per heavy atom. The molecule has 0 aromatic heterocycles. The first-order valence-electron chi connectivity index (χ1n) is 8.05. The van der Waals surface area contributed by atoms with Gasteiger partial charge < -0.3 is 10.1 Å². The smallest absolute Gasteiger partial charge is 0.120 e. The summed E-state index contributed by atoms with van der Waals surface area (Å²) in [5.74, 6) is 0.971. The molecule has 22 heavy (non-hydrogen) atoms. The average Bonchev–Trinajstić information content (AvgIpc) is 2.87. The van der Waals surface area contributed by atoms with Crippen LogP contribution in [-0.2, 0) is 0 Å². The lowest BCUT2D eigenvalue weighted by Crippen LogP contribution is -2.42. The van der Waals surface area contributed by atoms with Crippen molar-refractivity contribution in [2.75, 3.05) is 0 Å². The van der Waals surface area contributed by atoms with Crippen molar-refractivity contribution in [3.05, 3.63) is 53.6 Å². The first-order chi connectivity index (χ1) is 10.8. The lowest BCUT2D eigenvalue weighted by atomic mass is 10.0. The highest BCUT2D eigenvalue weighted by atomic mass is 35.5. The van der Waals surface area contributed by atoms with Crippen LogP contribution >= 0.6 is 11.6 Å². The molecule has 2 aliphatic rings. The highest BCUT2D eigenvalue weighted by molar-refractivity contribution is 6.30. The molecule has 3 heteroatoms. The predicted molar refractivity (Wildman–Crippen MR) is 90.5 cm³/mol. The van der Waals surface area contributed by atoms with Crippen LogP contribution in [0.1, 0.15) is 25.7 Å². The number of nitrogens with one attached hydrogen (secondary N) is 1. The monoisotopic (exact) mass is 313 g/mol. The molecule has 2 aliphatic heterocycles. The molecule has 2 saturated heterocycles. The molecule has 2 nitrogen and oxygen atoms in total. The van der Waals surface area contributed by atoms with Gasteiger partial charge in [-0.15, -0.1) is 0 Å². The van der Waals surface area contributed by atoms with Crippen LogP contribution in [-0.4, -0.2) is 18.2 Å². The quantitative estimate of drug-likeness (QED) is 0.889. The van der Waals surface area contributed by atoms with Crippen LogP contribution < -0.4 is 10.1 Å². The van der Waals surface area contributed by atoms with E-state index in [1.807, 2.05) is 24.3 Å². The number of ether oxygens (including phenoxy) is 1. The molecule has 1 unspecified atom stereocenters. The summed E-state index contributed by atoms with van der Waals surface area (Å²) in [4.78, 5) is 0. The van der Waals surface area contributed by atoms with E-state index in [9.17, 15) is 0 Å². The van der Waals surface area contributed by atoms with Crippen molar-refractivity contribution in [1.29, 1.82) is 0 Å². The van der Waals surface area contributed by atoms with E-state index in [0.717, 1.165) is 23.6 Å². The third-order valence-corrected chi connectivity index (χ3v) is 5.00. The van der Waals surface area contributed by atoms with Gasteiger partial charge in [0.2, 0.25) is 0 Å². The summed E-state index contributed by atoms with van der Waals surface area (Å²) in [5, 5.41) is 4.42. The second-order valence-corrected chi connectivity index (χ2v) is 6.82. The summed E-state index contributed by atoms with van der Waals surface area (Å²) in [5.41, 5.74) is 2.34. The van der Waals surface area contributed by atoms with Gasteiger partial charge in [-0.25, -0.2) is 0 Å². The molecule has 2 heterocycles. The number of hydrogen-bond donors (Lipinski definition) is 1. The van der Waals surface area contributed by atoms with Crippen LogP contribution in [0.3, 0.4) is 0 Å². The van der Waals surface area contributed by atoms with Crippen LogP contribution in [0, 0.1) is 0 Å². The fraction of sp³-hybridized carbons (Fsp3) is 0.368. The lowest BCUT2D eigenvalue weighted by Gasteiger charge is -2.29. The van der Waals surface area contributed by atoms with Crippen molar-refractivity contribution in [1.82, 2.24) is 5.32 Å². The summed E-state index contributed by atoms with van der Waals surface area (Å²) in [7, 11) is 0. The molecule has 1 N–H and O–H groups in total. The predicted octanol–water partition coefficient (Wildman–Crippen LogP) is 4.67. The number of rotatable bonds is 3. The van der Waals surface area contributed by atoms with Crippen molar-refractivity contribution in [2.24, 2.45) is 0 Å². The van der Waals surface area contributed by atoms with Gasteiger partial charge in [0.05, 0.1) is 0 Å². The summed E-state index contributed by atoms with van der Waals surface area (Å²) >= 11 is 5.96. The summed E-state index contributed by atoms with van der Waals surface area (Å²) in [6, 6.07) is 17.6. The Morgan fingerprint density at radius 2 is 1.64 bits per heavy atom. The average molecular weight is 314 g/mol. The van der Waals surface area contributed by atoms with Gasteiger partial charge in [0.1, 0.15) is 11.9 Å². The molecule has 0 saturated carbocycles. The molecule has 0 radical (unpaired) electrons.